The van der Waals surface area contributed by atoms with Crippen LogP contribution in [0, 0.1) is 5.82 Å². The van der Waals surface area contributed by atoms with Gasteiger partial charge >= 0.3 is 5.97 Å². The molecule has 0 saturated carbocycles. The minimum atomic E-state index is -0.902. The smallest absolute Gasteiger partial charge is 0.304 e. The molecule has 1 fully saturated rings. The topological polar surface area (TPSA) is 40.5 Å². The fourth-order valence-corrected chi connectivity index (χ4v) is 2.87. The Kier molecular flexibility index (Phi) is 3.78. The molecular weight excluding hydrogens is 245 g/mol. The van der Waals surface area contributed by atoms with Crippen LogP contribution in [0.25, 0.3) is 0 Å². The third kappa shape index (κ3) is 2.88. The van der Waals surface area contributed by atoms with Crippen LogP contribution in [0.1, 0.15) is 38.7 Å². The Balaban J connectivity index is 2.45. The first-order chi connectivity index (χ1) is 8.92. The molecule has 0 spiro atoms. The monoisotopic (exact) mass is 265 g/mol. The fraction of sp³-hybridized carbons (Fsp3) is 0.533. The molecule has 4 heteroatoms. The van der Waals surface area contributed by atoms with E-state index in [1.54, 1.807) is 19.9 Å². The highest BCUT2D eigenvalue weighted by molar-refractivity contribution is 5.70. The predicted molar refractivity (Wildman–Crippen MR) is 73.1 cm³/mol. The van der Waals surface area contributed by atoms with E-state index in [9.17, 15) is 9.18 Å². The van der Waals surface area contributed by atoms with Gasteiger partial charge in [-0.1, -0.05) is 19.9 Å². The van der Waals surface area contributed by atoms with Gasteiger partial charge in [-0.25, -0.2) is 4.39 Å². The zero-order valence-electron chi connectivity index (χ0n) is 11.4. The highest BCUT2D eigenvalue weighted by Gasteiger charge is 2.31. The van der Waals surface area contributed by atoms with Crippen molar-refractivity contribution in [3.05, 3.63) is 29.6 Å². The largest absolute Gasteiger partial charge is 0.481 e. The second kappa shape index (κ2) is 5.19. The van der Waals surface area contributed by atoms with Crippen molar-refractivity contribution in [3.8, 4) is 0 Å². The molecule has 0 radical (unpaired) electrons. The van der Waals surface area contributed by atoms with Gasteiger partial charge in [-0.05, 0) is 25.0 Å². The van der Waals surface area contributed by atoms with Crippen LogP contribution in [0.5, 0.6) is 0 Å². The molecule has 1 aromatic carbocycles. The van der Waals surface area contributed by atoms with E-state index in [2.05, 4.69) is 4.90 Å². The third-order valence-corrected chi connectivity index (χ3v) is 3.71. The molecule has 1 N–H and O–H groups in total. The number of halogens is 1. The number of carboxylic acids is 1. The Morgan fingerprint density at radius 1 is 1.37 bits per heavy atom. The number of benzene rings is 1. The summed E-state index contributed by atoms with van der Waals surface area (Å²) in [5.41, 5.74) is 0.665. The van der Waals surface area contributed by atoms with Gasteiger partial charge in [0, 0.05) is 29.8 Å². The average Bonchev–Trinajstić information content (AvgIpc) is 2.79. The normalized spacial score (nSPS) is 15.8. The molecule has 1 aromatic rings. The Morgan fingerprint density at radius 2 is 2.00 bits per heavy atom. The highest BCUT2D eigenvalue weighted by atomic mass is 19.1. The molecule has 0 unspecified atom stereocenters. The summed E-state index contributed by atoms with van der Waals surface area (Å²) in [7, 11) is 0. The number of rotatable bonds is 4. The Labute approximate surface area is 113 Å². The fourth-order valence-electron chi connectivity index (χ4n) is 2.87. The summed E-state index contributed by atoms with van der Waals surface area (Å²) >= 11 is 0. The second-order valence-electron chi connectivity index (χ2n) is 5.78. The van der Waals surface area contributed by atoms with Crippen molar-refractivity contribution in [2.24, 2.45) is 0 Å². The van der Waals surface area contributed by atoms with Crippen molar-refractivity contribution in [1.82, 2.24) is 0 Å². The second-order valence-corrected chi connectivity index (χ2v) is 5.78. The lowest BCUT2D eigenvalue weighted by Crippen LogP contribution is -2.28. The average molecular weight is 265 g/mol. The van der Waals surface area contributed by atoms with Gasteiger partial charge in [0.1, 0.15) is 5.82 Å². The highest BCUT2D eigenvalue weighted by Crippen LogP contribution is 2.37. The molecule has 0 bridgehead atoms. The maximum Gasteiger partial charge on any atom is 0.304 e. The maximum atomic E-state index is 14.2. The molecule has 104 valence electrons. The van der Waals surface area contributed by atoms with E-state index >= 15 is 0 Å². The summed E-state index contributed by atoms with van der Waals surface area (Å²) in [5, 5.41) is 9.02. The number of nitrogens with zero attached hydrogens (tertiary/aromatic N) is 1. The summed E-state index contributed by atoms with van der Waals surface area (Å²) < 4.78 is 14.2. The first kappa shape index (κ1) is 13.8. The summed E-state index contributed by atoms with van der Waals surface area (Å²) in [4.78, 5) is 13.2. The van der Waals surface area contributed by atoms with Gasteiger partial charge in [-0.15, -0.1) is 0 Å². The third-order valence-electron chi connectivity index (χ3n) is 3.71. The van der Waals surface area contributed by atoms with Crippen LogP contribution in [0.4, 0.5) is 10.1 Å². The Morgan fingerprint density at radius 3 is 2.58 bits per heavy atom. The van der Waals surface area contributed by atoms with Gasteiger partial charge in [0.2, 0.25) is 0 Å². The minimum absolute atomic E-state index is 0.0746. The first-order valence-electron chi connectivity index (χ1n) is 6.67. The van der Waals surface area contributed by atoms with Crippen LogP contribution in [0.2, 0.25) is 0 Å². The summed E-state index contributed by atoms with van der Waals surface area (Å²) in [6.07, 6.45) is 2.14. The first-order valence-corrected chi connectivity index (χ1v) is 6.67. The van der Waals surface area contributed by atoms with Crippen LogP contribution >= 0.6 is 0 Å². The van der Waals surface area contributed by atoms with Crippen molar-refractivity contribution in [3.63, 3.8) is 0 Å². The van der Waals surface area contributed by atoms with E-state index in [0.29, 0.717) is 5.56 Å². The van der Waals surface area contributed by atoms with E-state index < -0.39 is 11.4 Å². The van der Waals surface area contributed by atoms with E-state index in [-0.39, 0.29) is 12.2 Å². The minimum Gasteiger partial charge on any atom is -0.481 e. The van der Waals surface area contributed by atoms with E-state index in [1.165, 1.54) is 6.07 Å². The van der Waals surface area contributed by atoms with Crippen molar-refractivity contribution in [1.29, 1.82) is 0 Å². The number of hydrogen-bond donors (Lipinski definition) is 1. The molecule has 0 aliphatic carbocycles. The van der Waals surface area contributed by atoms with Crippen molar-refractivity contribution in [2.45, 2.75) is 38.5 Å². The number of anilines is 1. The maximum absolute atomic E-state index is 14.2. The molecule has 1 aliphatic heterocycles. The molecule has 1 aliphatic rings. The summed E-state index contributed by atoms with van der Waals surface area (Å²) in [6.45, 7) is 5.41. The number of hydrogen-bond acceptors (Lipinski definition) is 2. The quantitative estimate of drug-likeness (QED) is 0.909. The molecule has 0 aromatic heterocycles. The van der Waals surface area contributed by atoms with Crippen molar-refractivity contribution >= 4 is 11.7 Å². The van der Waals surface area contributed by atoms with E-state index in [4.69, 9.17) is 5.11 Å². The zero-order chi connectivity index (χ0) is 14.0. The zero-order valence-corrected chi connectivity index (χ0v) is 11.4. The lowest BCUT2D eigenvalue weighted by atomic mass is 9.80. The van der Waals surface area contributed by atoms with Crippen LogP contribution in [-0.2, 0) is 10.2 Å². The van der Waals surface area contributed by atoms with Crippen LogP contribution in [0.15, 0.2) is 18.2 Å². The molecule has 0 atom stereocenters. The predicted octanol–water partition coefficient (Wildman–Crippen LogP) is 3.18. The molecule has 1 saturated heterocycles. The molecule has 0 amide bonds. The summed E-state index contributed by atoms with van der Waals surface area (Å²) in [5.74, 6) is -1.21. The van der Waals surface area contributed by atoms with Gasteiger partial charge in [0.05, 0.1) is 6.42 Å². The Bertz CT molecular complexity index is 479. The van der Waals surface area contributed by atoms with Gasteiger partial charge < -0.3 is 10.0 Å². The molecule has 19 heavy (non-hydrogen) atoms. The van der Waals surface area contributed by atoms with Crippen LogP contribution in [-0.4, -0.2) is 24.2 Å². The van der Waals surface area contributed by atoms with E-state index in [0.717, 1.165) is 31.6 Å². The lowest BCUT2D eigenvalue weighted by molar-refractivity contribution is -0.138. The molecular formula is C15H20FNO2. The van der Waals surface area contributed by atoms with Gasteiger partial charge in [0.15, 0.2) is 0 Å². The van der Waals surface area contributed by atoms with Gasteiger partial charge in [-0.3, -0.25) is 4.79 Å². The van der Waals surface area contributed by atoms with Gasteiger partial charge in [-0.2, -0.15) is 0 Å². The molecule has 2 rings (SSSR count). The lowest BCUT2D eigenvalue weighted by Gasteiger charge is -2.30. The van der Waals surface area contributed by atoms with E-state index in [1.807, 2.05) is 6.07 Å². The number of carbonyl (C=O) groups is 1. The molecule has 3 nitrogen and oxygen atoms in total. The van der Waals surface area contributed by atoms with Crippen LogP contribution in [0.3, 0.4) is 0 Å². The Hall–Kier alpha value is -1.58. The van der Waals surface area contributed by atoms with Crippen molar-refractivity contribution < 1.29 is 14.3 Å². The number of carboxylic acid groups (broad SMARTS) is 1. The van der Waals surface area contributed by atoms with Gasteiger partial charge in [0.25, 0.3) is 0 Å². The summed E-state index contributed by atoms with van der Waals surface area (Å²) in [6, 6.07) is 5.01. The standard InChI is InChI=1S/C15H20FNO2/c1-15(2,10-13(18)19)14-11(16)6-5-7-12(14)17-8-3-4-9-17/h5-7H,3-4,8-10H2,1-2H3,(H,18,19). The van der Waals surface area contributed by atoms with Crippen molar-refractivity contribution in [2.75, 3.05) is 18.0 Å². The van der Waals surface area contributed by atoms with Crippen LogP contribution < -0.4 is 4.90 Å². The number of aliphatic carboxylic acids is 1. The SMILES string of the molecule is CC(C)(CC(=O)O)c1c(F)cccc1N1CCCC1. The molecule has 1 heterocycles.